The Balaban J connectivity index is 1.96. The first-order valence-electron chi connectivity index (χ1n) is 5.68. The largest absolute Gasteiger partial charge is 0.383 e. The summed E-state index contributed by atoms with van der Waals surface area (Å²) < 4.78 is 14.5. The summed E-state index contributed by atoms with van der Waals surface area (Å²) in [5.74, 6) is -0.283. The predicted molar refractivity (Wildman–Crippen MR) is 68.1 cm³/mol. The molecule has 1 N–H and O–H groups in total. The van der Waals surface area contributed by atoms with Gasteiger partial charge >= 0.3 is 5.69 Å². The molecule has 4 nitrogen and oxygen atoms in total. The van der Waals surface area contributed by atoms with Gasteiger partial charge in [-0.05, 0) is 30.7 Å². The molecule has 1 aromatic carbocycles. The van der Waals surface area contributed by atoms with E-state index in [9.17, 15) is 9.18 Å². The minimum Gasteiger partial charge on any atom is -0.383 e. The zero-order valence-corrected chi connectivity index (χ0v) is 10.1. The zero-order valence-electron chi connectivity index (χ0n) is 10.1. The average molecular weight is 247 g/mol. The summed E-state index contributed by atoms with van der Waals surface area (Å²) in [5.41, 5.74) is 1.35. The quantitative estimate of drug-likeness (QED) is 0.896. The standard InChI is InChI=1S/C13H14FN3O/c1-10-8-16-13(18)17(9-10)6-5-15-12-4-2-3-11(14)7-12/h2-4,7-9,15H,5-6H2,1H3. The zero-order chi connectivity index (χ0) is 13.0. The summed E-state index contributed by atoms with van der Waals surface area (Å²) in [6.45, 7) is 2.90. The van der Waals surface area contributed by atoms with Gasteiger partial charge in [0.1, 0.15) is 5.82 Å². The lowest BCUT2D eigenvalue weighted by Gasteiger charge is -2.08. The van der Waals surface area contributed by atoms with Crippen LogP contribution in [0.1, 0.15) is 5.56 Å². The first-order valence-corrected chi connectivity index (χ1v) is 5.68. The van der Waals surface area contributed by atoms with Gasteiger partial charge in [-0.2, -0.15) is 0 Å². The number of hydrogen-bond donors (Lipinski definition) is 1. The molecular formula is C13H14FN3O. The lowest BCUT2D eigenvalue weighted by Crippen LogP contribution is -2.25. The fraction of sp³-hybridized carbons (Fsp3) is 0.231. The van der Waals surface area contributed by atoms with Crippen molar-refractivity contribution in [3.05, 3.63) is 58.5 Å². The second-order valence-corrected chi connectivity index (χ2v) is 4.04. The molecule has 0 atom stereocenters. The highest BCUT2D eigenvalue weighted by Crippen LogP contribution is 2.08. The van der Waals surface area contributed by atoms with Crippen LogP contribution in [0.5, 0.6) is 0 Å². The topological polar surface area (TPSA) is 46.9 Å². The van der Waals surface area contributed by atoms with Gasteiger partial charge < -0.3 is 5.32 Å². The van der Waals surface area contributed by atoms with Crippen molar-refractivity contribution in [2.45, 2.75) is 13.5 Å². The molecule has 1 aromatic heterocycles. The molecule has 5 heteroatoms. The van der Waals surface area contributed by atoms with Crippen LogP contribution < -0.4 is 11.0 Å². The SMILES string of the molecule is Cc1cnc(=O)n(CCNc2cccc(F)c2)c1. The van der Waals surface area contributed by atoms with E-state index in [1.54, 1.807) is 24.5 Å². The summed E-state index contributed by atoms with van der Waals surface area (Å²) in [6.07, 6.45) is 3.29. The van der Waals surface area contributed by atoms with Crippen LogP contribution in [0.15, 0.2) is 41.5 Å². The van der Waals surface area contributed by atoms with Crippen molar-refractivity contribution >= 4 is 5.69 Å². The van der Waals surface area contributed by atoms with E-state index in [4.69, 9.17) is 0 Å². The number of aryl methyl sites for hydroxylation is 1. The summed E-state index contributed by atoms with van der Waals surface area (Å²) in [4.78, 5) is 15.2. The van der Waals surface area contributed by atoms with Crippen LogP contribution in [-0.4, -0.2) is 16.1 Å². The van der Waals surface area contributed by atoms with E-state index < -0.39 is 0 Å². The summed E-state index contributed by atoms with van der Waals surface area (Å²) in [6, 6.07) is 6.22. The normalized spacial score (nSPS) is 10.3. The third kappa shape index (κ3) is 3.16. The Morgan fingerprint density at radius 2 is 2.28 bits per heavy atom. The third-order valence-electron chi connectivity index (χ3n) is 2.49. The van der Waals surface area contributed by atoms with E-state index >= 15 is 0 Å². The lowest BCUT2D eigenvalue weighted by atomic mass is 10.3. The van der Waals surface area contributed by atoms with Crippen molar-refractivity contribution in [2.75, 3.05) is 11.9 Å². The predicted octanol–water partition coefficient (Wildman–Crippen LogP) is 1.80. The first-order chi connectivity index (χ1) is 8.65. The molecule has 2 rings (SSSR count). The van der Waals surface area contributed by atoms with Crippen molar-refractivity contribution < 1.29 is 4.39 Å². The summed E-state index contributed by atoms with van der Waals surface area (Å²) in [7, 11) is 0. The van der Waals surface area contributed by atoms with Gasteiger partial charge in [0.2, 0.25) is 0 Å². The van der Waals surface area contributed by atoms with Gasteiger partial charge in [-0.25, -0.2) is 14.2 Å². The molecule has 0 aliphatic rings. The van der Waals surface area contributed by atoms with E-state index in [0.717, 1.165) is 5.56 Å². The molecule has 0 saturated carbocycles. The average Bonchev–Trinajstić information content (AvgIpc) is 2.34. The lowest BCUT2D eigenvalue weighted by molar-refractivity contribution is 0.627. The van der Waals surface area contributed by atoms with E-state index in [1.807, 2.05) is 6.92 Å². The van der Waals surface area contributed by atoms with Gasteiger partial charge in [-0.15, -0.1) is 0 Å². The Bertz CT molecular complexity index is 595. The number of hydrogen-bond acceptors (Lipinski definition) is 3. The Morgan fingerprint density at radius 3 is 3.06 bits per heavy atom. The molecule has 0 aliphatic heterocycles. The van der Waals surface area contributed by atoms with Gasteiger partial charge in [-0.3, -0.25) is 4.57 Å². The van der Waals surface area contributed by atoms with Crippen LogP contribution in [-0.2, 0) is 6.54 Å². The van der Waals surface area contributed by atoms with Crippen molar-refractivity contribution in [1.29, 1.82) is 0 Å². The molecular weight excluding hydrogens is 233 g/mol. The maximum Gasteiger partial charge on any atom is 0.347 e. The molecule has 18 heavy (non-hydrogen) atoms. The fourth-order valence-corrected chi connectivity index (χ4v) is 1.64. The van der Waals surface area contributed by atoms with Crippen LogP contribution >= 0.6 is 0 Å². The van der Waals surface area contributed by atoms with Crippen LogP contribution in [0.25, 0.3) is 0 Å². The van der Waals surface area contributed by atoms with E-state index in [2.05, 4.69) is 10.3 Å². The minimum absolute atomic E-state index is 0.276. The molecule has 94 valence electrons. The van der Waals surface area contributed by atoms with E-state index in [1.165, 1.54) is 16.7 Å². The van der Waals surface area contributed by atoms with Gasteiger partial charge in [0, 0.05) is 31.2 Å². The molecule has 0 spiro atoms. The maximum absolute atomic E-state index is 12.9. The van der Waals surface area contributed by atoms with Crippen molar-refractivity contribution in [2.24, 2.45) is 0 Å². The Morgan fingerprint density at radius 1 is 1.44 bits per heavy atom. The summed E-state index contributed by atoms with van der Waals surface area (Å²) in [5, 5.41) is 3.05. The number of anilines is 1. The molecule has 2 aromatic rings. The molecule has 0 aliphatic carbocycles. The highest BCUT2D eigenvalue weighted by atomic mass is 19.1. The highest BCUT2D eigenvalue weighted by molar-refractivity contribution is 5.42. The van der Waals surface area contributed by atoms with E-state index in [-0.39, 0.29) is 11.5 Å². The number of benzene rings is 1. The van der Waals surface area contributed by atoms with Crippen molar-refractivity contribution in [1.82, 2.24) is 9.55 Å². The molecule has 0 saturated heterocycles. The first kappa shape index (κ1) is 12.3. The molecule has 0 unspecified atom stereocenters. The Hall–Kier alpha value is -2.17. The fourth-order valence-electron chi connectivity index (χ4n) is 1.64. The molecule has 0 fully saturated rings. The number of halogens is 1. The number of rotatable bonds is 4. The third-order valence-corrected chi connectivity index (χ3v) is 2.49. The number of aromatic nitrogens is 2. The smallest absolute Gasteiger partial charge is 0.347 e. The monoisotopic (exact) mass is 247 g/mol. The van der Waals surface area contributed by atoms with Gasteiger partial charge in [0.25, 0.3) is 0 Å². The second kappa shape index (κ2) is 5.44. The Labute approximate surface area is 104 Å². The van der Waals surface area contributed by atoms with Gasteiger partial charge in [0.15, 0.2) is 0 Å². The van der Waals surface area contributed by atoms with Crippen LogP contribution in [0.4, 0.5) is 10.1 Å². The van der Waals surface area contributed by atoms with Crippen molar-refractivity contribution in [3.8, 4) is 0 Å². The summed E-state index contributed by atoms with van der Waals surface area (Å²) >= 11 is 0. The molecule has 0 amide bonds. The number of nitrogens with one attached hydrogen (secondary N) is 1. The van der Waals surface area contributed by atoms with E-state index in [0.29, 0.717) is 18.8 Å². The van der Waals surface area contributed by atoms with Crippen LogP contribution in [0.3, 0.4) is 0 Å². The highest BCUT2D eigenvalue weighted by Gasteiger charge is 1.98. The Kier molecular flexibility index (Phi) is 3.72. The minimum atomic E-state index is -0.283. The number of nitrogens with zero attached hydrogens (tertiary/aromatic N) is 2. The second-order valence-electron chi connectivity index (χ2n) is 4.04. The van der Waals surface area contributed by atoms with Crippen LogP contribution in [0, 0.1) is 12.7 Å². The molecule has 0 radical (unpaired) electrons. The molecule has 1 heterocycles. The molecule has 0 bridgehead atoms. The van der Waals surface area contributed by atoms with Gasteiger partial charge in [0.05, 0.1) is 0 Å². The van der Waals surface area contributed by atoms with Gasteiger partial charge in [-0.1, -0.05) is 6.07 Å². The van der Waals surface area contributed by atoms with Crippen molar-refractivity contribution in [3.63, 3.8) is 0 Å². The van der Waals surface area contributed by atoms with Crippen LogP contribution in [0.2, 0.25) is 0 Å². The maximum atomic E-state index is 12.9.